The molecule has 0 aromatic heterocycles. The highest BCUT2D eigenvalue weighted by atomic mass is 16.2. The lowest BCUT2D eigenvalue weighted by atomic mass is 10.0. The summed E-state index contributed by atoms with van der Waals surface area (Å²) in [5, 5.41) is 0. The van der Waals surface area contributed by atoms with Gasteiger partial charge in [-0.3, -0.25) is 4.79 Å². The van der Waals surface area contributed by atoms with E-state index in [1.807, 2.05) is 18.7 Å². The lowest BCUT2D eigenvalue weighted by Gasteiger charge is -2.31. The van der Waals surface area contributed by atoms with Gasteiger partial charge in [-0.1, -0.05) is 13.8 Å². The maximum atomic E-state index is 11.5. The van der Waals surface area contributed by atoms with Crippen molar-refractivity contribution in [1.29, 1.82) is 0 Å². The summed E-state index contributed by atoms with van der Waals surface area (Å²) in [5.41, 5.74) is 5.77. The van der Waals surface area contributed by atoms with Crippen LogP contribution in [0.3, 0.4) is 0 Å². The van der Waals surface area contributed by atoms with Crippen molar-refractivity contribution in [3.05, 3.63) is 0 Å². The van der Waals surface area contributed by atoms with Crippen LogP contribution < -0.4 is 5.73 Å². The van der Waals surface area contributed by atoms with Gasteiger partial charge in [-0.2, -0.15) is 0 Å². The third-order valence-electron chi connectivity index (χ3n) is 2.26. The Morgan fingerprint density at radius 3 is 2.75 bits per heavy atom. The van der Waals surface area contributed by atoms with Gasteiger partial charge in [0.1, 0.15) is 0 Å². The molecule has 12 heavy (non-hydrogen) atoms. The van der Waals surface area contributed by atoms with Gasteiger partial charge in [0.15, 0.2) is 0 Å². The fraction of sp³-hybridized carbons (Fsp3) is 0.889. The lowest BCUT2D eigenvalue weighted by molar-refractivity contribution is -0.135. The first-order chi connectivity index (χ1) is 5.61. The van der Waals surface area contributed by atoms with Gasteiger partial charge >= 0.3 is 0 Å². The van der Waals surface area contributed by atoms with E-state index >= 15 is 0 Å². The van der Waals surface area contributed by atoms with Crippen LogP contribution in [0.1, 0.15) is 26.7 Å². The van der Waals surface area contributed by atoms with Crippen molar-refractivity contribution in [1.82, 2.24) is 4.90 Å². The molecule has 1 aliphatic rings. The number of piperidine rings is 1. The smallest absolute Gasteiger partial charge is 0.225 e. The first-order valence-electron chi connectivity index (χ1n) is 4.65. The van der Waals surface area contributed by atoms with Crippen molar-refractivity contribution in [2.75, 3.05) is 13.1 Å². The van der Waals surface area contributed by atoms with E-state index in [0.29, 0.717) is 0 Å². The standard InChI is InChI=1S/C9H18N2O/c1-7(2)9(12)11-5-3-4-8(10)6-11/h7-8H,3-6,10H2,1-2H3/t8-/m1/s1. The Kier molecular flexibility index (Phi) is 3.09. The Morgan fingerprint density at radius 1 is 1.58 bits per heavy atom. The van der Waals surface area contributed by atoms with Crippen molar-refractivity contribution in [2.24, 2.45) is 11.7 Å². The number of likely N-dealkylation sites (tertiary alicyclic amines) is 1. The summed E-state index contributed by atoms with van der Waals surface area (Å²) < 4.78 is 0. The normalized spacial score (nSPS) is 24.7. The van der Waals surface area contributed by atoms with Crippen LogP contribution in [0, 0.1) is 5.92 Å². The molecule has 70 valence electrons. The second-order valence-corrected chi connectivity index (χ2v) is 3.84. The minimum Gasteiger partial charge on any atom is -0.341 e. The van der Waals surface area contributed by atoms with Crippen LogP contribution in [-0.2, 0) is 4.79 Å². The molecule has 0 saturated carbocycles. The Bertz CT molecular complexity index is 168. The van der Waals surface area contributed by atoms with Gasteiger partial charge in [-0.15, -0.1) is 0 Å². The molecular formula is C9H18N2O. The number of hydrogen-bond acceptors (Lipinski definition) is 2. The summed E-state index contributed by atoms with van der Waals surface area (Å²) in [4.78, 5) is 13.4. The van der Waals surface area contributed by atoms with E-state index in [1.165, 1.54) is 0 Å². The van der Waals surface area contributed by atoms with E-state index in [1.54, 1.807) is 0 Å². The largest absolute Gasteiger partial charge is 0.341 e. The molecule has 3 heteroatoms. The van der Waals surface area contributed by atoms with E-state index in [0.717, 1.165) is 25.9 Å². The van der Waals surface area contributed by atoms with E-state index in [4.69, 9.17) is 5.73 Å². The number of nitrogens with two attached hydrogens (primary N) is 1. The maximum Gasteiger partial charge on any atom is 0.225 e. The topological polar surface area (TPSA) is 46.3 Å². The quantitative estimate of drug-likeness (QED) is 0.626. The first-order valence-corrected chi connectivity index (χ1v) is 4.65. The lowest BCUT2D eigenvalue weighted by Crippen LogP contribution is -2.47. The second-order valence-electron chi connectivity index (χ2n) is 3.84. The highest BCUT2D eigenvalue weighted by Gasteiger charge is 2.22. The van der Waals surface area contributed by atoms with Crippen LogP contribution in [0.15, 0.2) is 0 Å². The zero-order valence-corrected chi connectivity index (χ0v) is 7.92. The predicted molar refractivity (Wildman–Crippen MR) is 48.6 cm³/mol. The Labute approximate surface area is 73.9 Å². The fourth-order valence-electron chi connectivity index (χ4n) is 1.58. The third kappa shape index (κ3) is 2.21. The molecule has 3 nitrogen and oxygen atoms in total. The molecule has 0 spiro atoms. The molecule has 1 saturated heterocycles. The Hall–Kier alpha value is -0.570. The monoisotopic (exact) mass is 170 g/mol. The van der Waals surface area contributed by atoms with Gasteiger partial charge in [0.2, 0.25) is 5.91 Å². The van der Waals surface area contributed by atoms with Crippen LogP contribution in [0.2, 0.25) is 0 Å². The third-order valence-corrected chi connectivity index (χ3v) is 2.26. The maximum absolute atomic E-state index is 11.5. The van der Waals surface area contributed by atoms with E-state index in [-0.39, 0.29) is 17.9 Å². The van der Waals surface area contributed by atoms with Crippen molar-refractivity contribution in [3.8, 4) is 0 Å². The van der Waals surface area contributed by atoms with Gasteiger partial charge < -0.3 is 10.6 Å². The molecule has 0 radical (unpaired) electrons. The number of amides is 1. The van der Waals surface area contributed by atoms with Crippen molar-refractivity contribution in [2.45, 2.75) is 32.7 Å². The number of carbonyl (C=O) groups excluding carboxylic acids is 1. The van der Waals surface area contributed by atoms with Crippen LogP contribution in [0.5, 0.6) is 0 Å². The second kappa shape index (κ2) is 3.90. The van der Waals surface area contributed by atoms with E-state index in [2.05, 4.69) is 0 Å². The first kappa shape index (κ1) is 9.52. The van der Waals surface area contributed by atoms with Crippen molar-refractivity contribution in [3.63, 3.8) is 0 Å². The summed E-state index contributed by atoms with van der Waals surface area (Å²) in [6.45, 7) is 5.51. The predicted octanol–water partition coefficient (Wildman–Crippen LogP) is 0.592. The minimum absolute atomic E-state index is 0.107. The molecule has 2 N–H and O–H groups in total. The highest BCUT2D eigenvalue weighted by Crippen LogP contribution is 2.11. The van der Waals surface area contributed by atoms with Crippen molar-refractivity contribution >= 4 is 5.91 Å². The molecule has 0 aromatic carbocycles. The minimum atomic E-state index is 0.107. The zero-order chi connectivity index (χ0) is 9.14. The summed E-state index contributed by atoms with van der Waals surface area (Å²) in [6.07, 6.45) is 2.11. The van der Waals surface area contributed by atoms with E-state index in [9.17, 15) is 4.79 Å². The molecule has 1 amide bonds. The molecule has 1 fully saturated rings. The molecule has 0 bridgehead atoms. The number of hydrogen-bond donors (Lipinski definition) is 1. The summed E-state index contributed by atoms with van der Waals surface area (Å²) in [7, 11) is 0. The van der Waals surface area contributed by atoms with Gasteiger partial charge in [0.25, 0.3) is 0 Å². The van der Waals surface area contributed by atoms with Crippen LogP contribution in [-0.4, -0.2) is 29.9 Å². The Morgan fingerprint density at radius 2 is 2.25 bits per heavy atom. The zero-order valence-electron chi connectivity index (χ0n) is 7.92. The van der Waals surface area contributed by atoms with Crippen LogP contribution in [0.4, 0.5) is 0 Å². The van der Waals surface area contributed by atoms with Gasteiger partial charge in [0, 0.05) is 25.0 Å². The molecule has 1 heterocycles. The molecule has 0 aliphatic carbocycles. The van der Waals surface area contributed by atoms with Crippen molar-refractivity contribution < 1.29 is 4.79 Å². The van der Waals surface area contributed by atoms with Crippen LogP contribution in [0.25, 0.3) is 0 Å². The highest BCUT2D eigenvalue weighted by molar-refractivity contribution is 5.78. The molecule has 0 unspecified atom stereocenters. The van der Waals surface area contributed by atoms with Crippen LogP contribution >= 0.6 is 0 Å². The number of carbonyl (C=O) groups is 1. The molecule has 1 atom stereocenters. The number of nitrogens with zero attached hydrogens (tertiary/aromatic N) is 1. The average molecular weight is 170 g/mol. The Balaban J connectivity index is 2.46. The molecule has 0 aromatic rings. The summed E-state index contributed by atoms with van der Waals surface area (Å²) >= 11 is 0. The summed E-state index contributed by atoms with van der Waals surface area (Å²) in [6, 6.07) is 0.196. The number of rotatable bonds is 1. The molecular weight excluding hydrogens is 152 g/mol. The van der Waals surface area contributed by atoms with E-state index < -0.39 is 0 Å². The molecule has 1 rings (SSSR count). The average Bonchev–Trinajstić information content (AvgIpc) is 2.03. The summed E-state index contributed by atoms with van der Waals surface area (Å²) in [5.74, 6) is 0.348. The fourth-order valence-corrected chi connectivity index (χ4v) is 1.58. The SMILES string of the molecule is CC(C)C(=O)N1CCC[C@@H](N)C1. The van der Waals surface area contributed by atoms with Gasteiger partial charge in [0.05, 0.1) is 0 Å². The van der Waals surface area contributed by atoms with Gasteiger partial charge in [-0.25, -0.2) is 0 Å². The molecule has 1 aliphatic heterocycles. The van der Waals surface area contributed by atoms with Gasteiger partial charge in [-0.05, 0) is 12.8 Å².